The van der Waals surface area contributed by atoms with Crippen LogP contribution in [0.5, 0.6) is 0 Å². The van der Waals surface area contributed by atoms with Gasteiger partial charge >= 0.3 is 0 Å². The standard InChI is InChI=1S/C18H17F2NO2/c19-14-4-1-12(2-5-14)17(22)10-3-13-11-21(18(13)23)16-8-6-15(20)7-9-16/h1-2,4-9,13,17,22H,3,10-11H2. The van der Waals surface area contributed by atoms with Crippen molar-refractivity contribution in [1.29, 1.82) is 0 Å². The summed E-state index contributed by atoms with van der Waals surface area (Å²) in [5.74, 6) is -0.816. The van der Waals surface area contributed by atoms with Gasteiger partial charge in [0.25, 0.3) is 0 Å². The number of anilines is 1. The van der Waals surface area contributed by atoms with Crippen LogP contribution < -0.4 is 4.90 Å². The van der Waals surface area contributed by atoms with Crippen molar-refractivity contribution in [2.24, 2.45) is 5.92 Å². The summed E-state index contributed by atoms with van der Waals surface area (Å²) in [7, 11) is 0. The zero-order valence-electron chi connectivity index (χ0n) is 12.5. The summed E-state index contributed by atoms with van der Waals surface area (Å²) in [6.45, 7) is 0.570. The molecule has 1 heterocycles. The lowest BCUT2D eigenvalue weighted by Crippen LogP contribution is -2.52. The van der Waals surface area contributed by atoms with Crippen molar-refractivity contribution in [3.05, 3.63) is 65.7 Å². The number of β-lactam (4-membered cyclic amide) rings is 1. The van der Waals surface area contributed by atoms with E-state index < -0.39 is 6.10 Å². The fourth-order valence-corrected chi connectivity index (χ4v) is 2.78. The number of nitrogens with zero attached hydrogens (tertiary/aromatic N) is 1. The number of carbonyl (C=O) groups excluding carboxylic acids is 1. The molecular weight excluding hydrogens is 300 g/mol. The highest BCUT2D eigenvalue weighted by molar-refractivity contribution is 6.01. The summed E-state index contributed by atoms with van der Waals surface area (Å²) in [5, 5.41) is 10.1. The normalized spacial score (nSPS) is 18.7. The number of aliphatic hydroxyl groups excluding tert-OH is 1. The molecule has 120 valence electrons. The van der Waals surface area contributed by atoms with Crippen LogP contribution in [0.25, 0.3) is 0 Å². The smallest absolute Gasteiger partial charge is 0.231 e. The van der Waals surface area contributed by atoms with E-state index >= 15 is 0 Å². The van der Waals surface area contributed by atoms with E-state index in [-0.39, 0.29) is 23.5 Å². The van der Waals surface area contributed by atoms with Gasteiger partial charge in [0.1, 0.15) is 11.6 Å². The van der Waals surface area contributed by atoms with Gasteiger partial charge in [-0.1, -0.05) is 12.1 Å². The number of benzene rings is 2. The Morgan fingerprint density at radius 1 is 1.04 bits per heavy atom. The Kier molecular flexibility index (Phi) is 4.39. The molecule has 23 heavy (non-hydrogen) atoms. The van der Waals surface area contributed by atoms with E-state index in [1.54, 1.807) is 29.2 Å². The van der Waals surface area contributed by atoms with Crippen LogP contribution in [0.3, 0.4) is 0 Å². The number of amides is 1. The Morgan fingerprint density at radius 3 is 2.17 bits per heavy atom. The zero-order valence-corrected chi connectivity index (χ0v) is 12.5. The van der Waals surface area contributed by atoms with Crippen LogP contribution in [-0.4, -0.2) is 17.6 Å². The third kappa shape index (κ3) is 3.40. The van der Waals surface area contributed by atoms with E-state index in [1.165, 1.54) is 24.3 Å². The Bertz CT molecular complexity index is 685. The van der Waals surface area contributed by atoms with Gasteiger partial charge in [-0.15, -0.1) is 0 Å². The third-order valence-corrected chi connectivity index (χ3v) is 4.20. The summed E-state index contributed by atoms with van der Waals surface area (Å²) in [5.41, 5.74) is 1.33. The quantitative estimate of drug-likeness (QED) is 0.858. The summed E-state index contributed by atoms with van der Waals surface area (Å²) in [4.78, 5) is 13.7. The van der Waals surface area contributed by atoms with Crippen molar-refractivity contribution in [2.45, 2.75) is 18.9 Å². The molecule has 0 aliphatic carbocycles. The predicted octanol–water partition coefficient (Wildman–Crippen LogP) is 3.44. The van der Waals surface area contributed by atoms with Crippen LogP contribution in [0.4, 0.5) is 14.5 Å². The minimum absolute atomic E-state index is 0.0112. The van der Waals surface area contributed by atoms with Crippen molar-refractivity contribution in [2.75, 3.05) is 11.4 Å². The Labute approximate surface area is 133 Å². The van der Waals surface area contributed by atoms with Gasteiger partial charge in [-0.2, -0.15) is 0 Å². The van der Waals surface area contributed by atoms with Gasteiger partial charge in [0.15, 0.2) is 0 Å². The lowest BCUT2D eigenvalue weighted by Gasteiger charge is -2.38. The predicted molar refractivity (Wildman–Crippen MR) is 82.8 cm³/mol. The Hall–Kier alpha value is -2.27. The maximum atomic E-state index is 12.9. The van der Waals surface area contributed by atoms with Crippen LogP contribution in [0.15, 0.2) is 48.5 Å². The first kappa shape index (κ1) is 15.6. The largest absolute Gasteiger partial charge is 0.388 e. The number of carbonyl (C=O) groups is 1. The SMILES string of the molecule is O=C1C(CCC(O)c2ccc(F)cc2)CN1c1ccc(F)cc1. The number of halogens is 2. The molecule has 0 saturated carbocycles. The van der Waals surface area contributed by atoms with Crippen molar-refractivity contribution >= 4 is 11.6 Å². The van der Waals surface area contributed by atoms with Gasteiger partial charge in [-0.3, -0.25) is 4.79 Å². The van der Waals surface area contributed by atoms with Crippen LogP contribution in [0, 0.1) is 17.6 Å². The average molecular weight is 317 g/mol. The van der Waals surface area contributed by atoms with E-state index in [1.807, 2.05) is 0 Å². The van der Waals surface area contributed by atoms with Crippen LogP contribution in [0.2, 0.25) is 0 Å². The second kappa shape index (κ2) is 6.46. The van der Waals surface area contributed by atoms with Gasteiger partial charge in [0.2, 0.25) is 5.91 Å². The van der Waals surface area contributed by atoms with Gasteiger partial charge in [-0.05, 0) is 54.8 Å². The highest BCUT2D eigenvalue weighted by atomic mass is 19.1. The van der Waals surface area contributed by atoms with Gasteiger partial charge in [-0.25, -0.2) is 8.78 Å². The summed E-state index contributed by atoms with van der Waals surface area (Å²) in [6, 6.07) is 11.5. The molecule has 2 atom stereocenters. The fourth-order valence-electron chi connectivity index (χ4n) is 2.78. The number of aliphatic hydroxyl groups is 1. The first-order valence-corrected chi connectivity index (χ1v) is 7.55. The highest BCUT2D eigenvalue weighted by Gasteiger charge is 2.37. The van der Waals surface area contributed by atoms with Gasteiger partial charge in [0.05, 0.1) is 12.0 Å². The first-order chi connectivity index (χ1) is 11.0. The zero-order chi connectivity index (χ0) is 16.4. The molecule has 0 radical (unpaired) electrons. The Morgan fingerprint density at radius 2 is 1.61 bits per heavy atom. The first-order valence-electron chi connectivity index (χ1n) is 7.55. The van der Waals surface area contributed by atoms with Crippen molar-refractivity contribution in [3.63, 3.8) is 0 Å². The summed E-state index contributed by atoms with van der Waals surface area (Å²) < 4.78 is 25.7. The molecule has 3 nitrogen and oxygen atoms in total. The lowest BCUT2D eigenvalue weighted by atomic mass is 9.90. The van der Waals surface area contributed by atoms with E-state index in [9.17, 15) is 18.7 Å². The van der Waals surface area contributed by atoms with E-state index in [2.05, 4.69) is 0 Å². The monoisotopic (exact) mass is 317 g/mol. The second-order valence-corrected chi connectivity index (χ2v) is 5.77. The number of hydrogen-bond donors (Lipinski definition) is 1. The molecule has 2 aromatic rings. The van der Waals surface area contributed by atoms with Crippen molar-refractivity contribution in [3.8, 4) is 0 Å². The number of rotatable bonds is 5. The lowest BCUT2D eigenvalue weighted by molar-refractivity contribution is -0.127. The third-order valence-electron chi connectivity index (χ3n) is 4.20. The molecule has 1 amide bonds. The summed E-state index contributed by atoms with van der Waals surface area (Å²) >= 11 is 0. The fraction of sp³-hybridized carbons (Fsp3) is 0.278. The maximum Gasteiger partial charge on any atom is 0.231 e. The minimum Gasteiger partial charge on any atom is -0.388 e. The van der Waals surface area contributed by atoms with Crippen LogP contribution >= 0.6 is 0 Å². The topological polar surface area (TPSA) is 40.5 Å². The molecule has 1 aliphatic rings. The van der Waals surface area contributed by atoms with E-state index in [0.29, 0.717) is 30.6 Å². The van der Waals surface area contributed by atoms with Gasteiger partial charge in [0, 0.05) is 12.2 Å². The van der Waals surface area contributed by atoms with Gasteiger partial charge < -0.3 is 10.0 Å². The molecule has 1 saturated heterocycles. The van der Waals surface area contributed by atoms with Crippen molar-refractivity contribution in [1.82, 2.24) is 0 Å². The molecule has 0 bridgehead atoms. The molecule has 2 unspecified atom stereocenters. The van der Waals surface area contributed by atoms with Crippen LogP contribution in [0.1, 0.15) is 24.5 Å². The van der Waals surface area contributed by atoms with Crippen LogP contribution in [-0.2, 0) is 4.79 Å². The molecule has 0 aromatic heterocycles. The van der Waals surface area contributed by atoms with E-state index in [4.69, 9.17) is 0 Å². The molecule has 2 aromatic carbocycles. The molecular formula is C18H17F2NO2. The molecule has 1 aliphatic heterocycles. The van der Waals surface area contributed by atoms with E-state index in [0.717, 1.165) is 0 Å². The molecule has 3 rings (SSSR count). The second-order valence-electron chi connectivity index (χ2n) is 5.77. The molecule has 1 N–H and O–H groups in total. The molecule has 5 heteroatoms. The highest BCUT2D eigenvalue weighted by Crippen LogP contribution is 2.31. The average Bonchev–Trinajstić information content (AvgIpc) is 2.55. The number of hydrogen-bond acceptors (Lipinski definition) is 2. The molecule has 1 fully saturated rings. The summed E-state index contributed by atoms with van der Waals surface area (Å²) in [6.07, 6.45) is 0.303. The molecule has 0 spiro atoms. The van der Waals surface area contributed by atoms with Crippen molar-refractivity contribution < 1.29 is 18.7 Å². The maximum absolute atomic E-state index is 12.9. The Balaban J connectivity index is 1.52. The minimum atomic E-state index is -0.705.